The van der Waals surface area contributed by atoms with Crippen LogP contribution >= 0.6 is 12.4 Å². The van der Waals surface area contributed by atoms with Crippen molar-refractivity contribution in [2.75, 3.05) is 26.2 Å². The Bertz CT molecular complexity index is 438. The number of nitrogens with one attached hydrogen (secondary N) is 1. The number of nitrogens with zero attached hydrogens (tertiary/aromatic N) is 4. The summed E-state index contributed by atoms with van der Waals surface area (Å²) in [6.45, 7) is 4.18. The lowest BCUT2D eigenvalue weighted by Gasteiger charge is -2.20. The zero-order valence-corrected chi connectivity index (χ0v) is 12.4. The minimum Gasteiger partial charge on any atom is -0.341 e. The summed E-state index contributed by atoms with van der Waals surface area (Å²) in [4.78, 5) is 13.9. The van der Waals surface area contributed by atoms with Gasteiger partial charge in [0.15, 0.2) is 0 Å². The summed E-state index contributed by atoms with van der Waals surface area (Å²) in [7, 11) is 0. The lowest BCUT2D eigenvalue weighted by molar-refractivity contribution is -0.130. The van der Waals surface area contributed by atoms with E-state index in [9.17, 15) is 4.79 Å². The van der Waals surface area contributed by atoms with Crippen LogP contribution in [-0.2, 0) is 11.3 Å². The van der Waals surface area contributed by atoms with E-state index in [1.54, 1.807) is 4.68 Å². The van der Waals surface area contributed by atoms with Crippen molar-refractivity contribution in [1.82, 2.24) is 25.2 Å². The van der Waals surface area contributed by atoms with Gasteiger partial charge in [0.05, 0.1) is 5.69 Å². The van der Waals surface area contributed by atoms with Crippen LogP contribution in [0.3, 0.4) is 0 Å². The quantitative estimate of drug-likeness (QED) is 0.896. The Morgan fingerprint density at radius 2 is 2.15 bits per heavy atom. The lowest BCUT2D eigenvalue weighted by atomic mass is 9.97. The summed E-state index contributed by atoms with van der Waals surface area (Å²) in [5.74, 6) is 0.611. The third-order valence-corrected chi connectivity index (χ3v) is 4.03. The van der Waals surface area contributed by atoms with Crippen LogP contribution in [0.4, 0.5) is 0 Å². The Balaban J connectivity index is 0.00000147. The van der Waals surface area contributed by atoms with Gasteiger partial charge in [0.25, 0.3) is 0 Å². The summed E-state index contributed by atoms with van der Waals surface area (Å²) in [5.41, 5.74) is 1.02. The number of aromatic nitrogens is 3. The van der Waals surface area contributed by atoms with Crippen molar-refractivity contribution in [3.63, 3.8) is 0 Å². The molecule has 0 aliphatic carbocycles. The van der Waals surface area contributed by atoms with Gasteiger partial charge in [0.2, 0.25) is 5.91 Å². The molecule has 2 saturated heterocycles. The van der Waals surface area contributed by atoms with Gasteiger partial charge in [-0.2, -0.15) is 0 Å². The molecule has 3 rings (SSSR count). The second-order valence-electron chi connectivity index (χ2n) is 5.47. The molecule has 1 unspecified atom stereocenters. The Morgan fingerprint density at radius 1 is 1.35 bits per heavy atom. The molecule has 112 valence electrons. The average Bonchev–Trinajstić information content (AvgIpc) is 3.11. The predicted octanol–water partition coefficient (Wildman–Crippen LogP) is 0.789. The fraction of sp³-hybridized carbons (Fsp3) is 0.769. The van der Waals surface area contributed by atoms with Gasteiger partial charge in [0, 0.05) is 31.7 Å². The van der Waals surface area contributed by atoms with Crippen molar-refractivity contribution in [2.24, 2.45) is 0 Å². The van der Waals surface area contributed by atoms with Gasteiger partial charge in [-0.05, 0) is 32.2 Å². The fourth-order valence-electron chi connectivity index (χ4n) is 2.89. The highest BCUT2D eigenvalue weighted by Gasteiger charge is 2.21. The van der Waals surface area contributed by atoms with E-state index < -0.39 is 0 Å². The van der Waals surface area contributed by atoms with E-state index in [0.717, 1.165) is 51.1 Å². The number of carbonyl (C=O) groups excluding carboxylic acids is 1. The smallest absolute Gasteiger partial charge is 0.244 e. The molecule has 1 aromatic rings. The van der Waals surface area contributed by atoms with Gasteiger partial charge in [-0.15, -0.1) is 17.5 Å². The van der Waals surface area contributed by atoms with Crippen molar-refractivity contribution in [3.8, 4) is 0 Å². The minimum absolute atomic E-state index is 0. The zero-order valence-electron chi connectivity index (χ0n) is 11.6. The molecule has 2 aliphatic rings. The van der Waals surface area contributed by atoms with Crippen LogP contribution in [0.5, 0.6) is 0 Å². The maximum Gasteiger partial charge on any atom is 0.244 e. The monoisotopic (exact) mass is 299 g/mol. The molecule has 0 radical (unpaired) electrons. The number of carbonyl (C=O) groups is 1. The molecular formula is C13H22ClN5O. The van der Waals surface area contributed by atoms with Crippen LogP contribution < -0.4 is 5.32 Å². The van der Waals surface area contributed by atoms with Crippen molar-refractivity contribution < 1.29 is 4.79 Å². The first-order valence-corrected chi connectivity index (χ1v) is 7.21. The van der Waals surface area contributed by atoms with Gasteiger partial charge in [-0.25, -0.2) is 4.68 Å². The molecule has 3 heterocycles. The highest BCUT2D eigenvalue weighted by Crippen LogP contribution is 2.20. The Kier molecular flexibility index (Phi) is 5.37. The summed E-state index contributed by atoms with van der Waals surface area (Å²) in [6, 6.07) is 0. The standard InChI is InChI=1S/C13H21N5O.ClH/c19-13(17-6-1-2-7-17)10-18-9-12(15-16-18)11-4-3-5-14-8-11;/h9,11,14H,1-8,10H2;1H. The number of halogens is 1. The lowest BCUT2D eigenvalue weighted by Crippen LogP contribution is -2.31. The number of likely N-dealkylation sites (tertiary alicyclic amines) is 1. The Labute approximate surface area is 125 Å². The minimum atomic E-state index is 0. The molecule has 1 amide bonds. The van der Waals surface area contributed by atoms with Gasteiger partial charge < -0.3 is 10.2 Å². The predicted molar refractivity (Wildman–Crippen MR) is 77.9 cm³/mol. The van der Waals surface area contributed by atoms with Crippen LogP contribution in [0.1, 0.15) is 37.3 Å². The third kappa shape index (κ3) is 3.49. The number of hydrogen-bond donors (Lipinski definition) is 1. The topological polar surface area (TPSA) is 63.1 Å². The molecule has 2 aliphatic heterocycles. The van der Waals surface area contributed by atoms with E-state index in [4.69, 9.17) is 0 Å². The maximum absolute atomic E-state index is 12.0. The first-order chi connectivity index (χ1) is 9.33. The highest BCUT2D eigenvalue weighted by molar-refractivity contribution is 5.85. The van der Waals surface area contributed by atoms with Gasteiger partial charge in [0.1, 0.15) is 6.54 Å². The third-order valence-electron chi connectivity index (χ3n) is 4.03. The summed E-state index contributed by atoms with van der Waals surface area (Å²) >= 11 is 0. The first kappa shape index (κ1) is 15.3. The summed E-state index contributed by atoms with van der Waals surface area (Å²) in [5, 5.41) is 11.7. The van der Waals surface area contributed by atoms with E-state index >= 15 is 0 Å². The SMILES string of the molecule is Cl.O=C(Cn1cc(C2CCCNC2)nn1)N1CCCC1. The van der Waals surface area contributed by atoms with Crippen LogP contribution in [0.15, 0.2) is 6.20 Å². The average molecular weight is 300 g/mol. The zero-order chi connectivity index (χ0) is 13.1. The van der Waals surface area contributed by atoms with Crippen LogP contribution in [-0.4, -0.2) is 52.0 Å². The van der Waals surface area contributed by atoms with Crippen molar-refractivity contribution in [2.45, 2.75) is 38.1 Å². The van der Waals surface area contributed by atoms with Crippen LogP contribution in [0.25, 0.3) is 0 Å². The van der Waals surface area contributed by atoms with E-state index in [1.165, 1.54) is 6.42 Å². The number of hydrogen-bond acceptors (Lipinski definition) is 4. The van der Waals surface area contributed by atoms with Crippen molar-refractivity contribution in [3.05, 3.63) is 11.9 Å². The fourth-order valence-corrected chi connectivity index (χ4v) is 2.89. The molecule has 20 heavy (non-hydrogen) atoms. The molecule has 0 saturated carbocycles. The first-order valence-electron chi connectivity index (χ1n) is 7.21. The van der Waals surface area contributed by atoms with E-state index in [0.29, 0.717) is 12.5 Å². The Morgan fingerprint density at radius 3 is 2.85 bits per heavy atom. The molecule has 2 fully saturated rings. The van der Waals surface area contributed by atoms with Gasteiger partial charge >= 0.3 is 0 Å². The second kappa shape index (κ2) is 7.04. The van der Waals surface area contributed by atoms with Crippen molar-refractivity contribution >= 4 is 18.3 Å². The number of piperidine rings is 1. The highest BCUT2D eigenvalue weighted by atomic mass is 35.5. The molecular weight excluding hydrogens is 278 g/mol. The van der Waals surface area contributed by atoms with Crippen LogP contribution in [0.2, 0.25) is 0 Å². The summed E-state index contributed by atoms with van der Waals surface area (Å²) in [6.07, 6.45) is 6.53. The molecule has 0 bridgehead atoms. The number of rotatable bonds is 3. The molecule has 7 heteroatoms. The largest absolute Gasteiger partial charge is 0.341 e. The molecule has 6 nitrogen and oxygen atoms in total. The second-order valence-corrected chi connectivity index (χ2v) is 5.47. The maximum atomic E-state index is 12.0. The van der Waals surface area contributed by atoms with E-state index in [-0.39, 0.29) is 18.3 Å². The number of amides is 1. The van der Waals surface area contributed by atoms with Gasteiger partial charge in [-0.1, -0.05) is 5.21 Å². The molecule has 1 N–H and O–H groups in total. The van der Waals surface area contributed by atoms with Crippen molar-refractivity contribution in [1.29, 1.82) is 0 Å². The van der Waals surface area contributed by atoms with E-state index in [1.807, 2.05) is 11.1 Å². The molecule has 1 aromatic heterocycles. The molecule has 1 atom stereocenters. The summed E-state index contributed by atoms with van der Waals surface area (Å²) < 4.78 is 1.69. The van der Waals surface area contributed by atoms with E-state index in [2.05, 4.69) is 15.6 Å². The Hall–Kier alpha value is -1.14. The van der Waals surface area contributed by atoms with Crippen LogP contribution in [0, 0.1) is 0 Å². The molecule has 0 spiro atoms. The molecule has 0 aromatic carbocycles. The van der Waals surface area contributed by atoms with Gasteiger partial charge in [-0.3, -0.25) is 4.79 Å². The normalized spacial score (nSPS) is 22.6.